The Morgan fingerprint density at radius 1 is 0.971 bits per heavy atom. The van der Waals surface area contributed by atoms with E-state index in [0.29, 0.717) is 16.3 Å². The first-order valence-corrected chi connectivity index (χ1v) is 12.5. The number of nitrogens with zero attached hydrogens (tertiary/aromatic N) is 2. The largest absolute Gasteiger partial charge is 0.324 e. The first-order chi connectivity index (χ1) is 16.4. The van der Waals surface area contributed by atoms with Crippen LogP contribution in [0.15, 0.2) is 88.4 Å². The van der Waals surface area contributed by atoms with Gasteiger partial charge in [0.25, 0.3) is 0 Å². The van der Waals surface area contributed by atoms with Gasteiger partial charge in [-0.1, -0.05) is 78.0 Å². The minimum Gasteiger partial charge on any atom is -0.324 e. The number of halogens is 1. The van der Waals surface area contributed by atoms with Crippen molar-refractivity contribution < 1.29 is 4.79 Å². The Hall–Kier alpha value is -3.40. The Kier molecular flexibility index (Phi) is 7.46. The number of aromatic nitrogens is 1. The van der Waals surface area contributed by atoms with Crippen LogP contribution in [0.2, 0.25) is 0 Å². The number of rotatable bonds is 6. The first-order valence-electron chi connectivity index (χ1n) is 10.7. The van der Waals surface area contributed by atoms with Gasteiger partial charge in [0.1, 0.15) is 11.1 Å². The van der Waals surface area contributed by atoms with Gasteiger partial charge in [-0.25, -0.2) is 4.98 Å². The molecule has 4 nitrogen and oxygen atoms in total. The van der Waals surface area contributed by atoms with Gasteiger partial charge in [0.05, 0.1) is 22.7 Å². The van der Waals surface area contributed by atoms with E-state index in [1.165, 1.54) is 11.8 Å². The molecule has 3 aromatic carbocycles. The molecular formula is C28H22BrN3OS. The van der Waals surface area contributed by atoms with Crippen molar-refractivity contribution in [2.24, 2.45) is 0 Å². The Labute approximate surface area is 212 Å². The minimum atomic E-state index is -0.165. The second kappa shape index (κ2) is 10.7. The maximum absolute atomic E-state index is 12.7. The molecule has 0 radical (unpaired) electrons. The summed E-state index contributed by atoms with van der Waals surface area (Å²) in [4.78, 5) is 17.5. The summed E-state index contributed by atoms with van der Waals surface area (Å²) < 4.78 is 0.828. The van der Waals surface area contributed by atoms with E-state index in [1.54, 1.807) is 0 Å². The SMILES string of the molecule is Cc1ccc(-c2cc(-c3ccccc3)nc(SCC(=O)Nc3ccc(C)cc3Br)c2C#N)cc1. The molecule has 168 valence electrons. The van der Waals surface area contributed by atoms with Crippen LogP contribution in [-0.2, 0) is 4.79 Å². The van der Waals surface area contributed by atoms with Crippen LogP contribution in [-0.4, -0.2) is 16.6 Å². The zero-order chi connectivity index (χ0) is 24.1. The predicted octanol–water partition coefficient (Wildman–Crippen LogP) is 7.40. The third kappa shape index (κ3) is 5.56. The fraction of sp³-hybridized carbons (Fsp3) is 0.107. The Balaban J connectivity index is 1.67. The molecule has 1 heterocycles. The zero-order valence-corrected chi connectivity index (χ0v) is 21.2. The summed E-state index contributed by atoms with van der Waals surface area (Å²) in [5, 5.41) is 13.5. The van der Waals surface area contributed by atoms with Gasteiger partial charge in [-0.05, 0) is 59.1 Å². The topological polar surface area (TPSA) is 65.8 Å². The number of aryl methyl sites for hydroxylation is 2. The fourth-order valence-electron chi connectivity index (χ4n) is 3.49. The lowest BCUT2D eigenvalue weighted by molar-refractivity contribution is -0.113. The molecule has 0 unspecified atom stereocenters. The van der Waals surface area contributed by atoms with Crippen molar-refractivity contribution >= 4 is 39.3 Å². The molecule has 34 heavy (non-hydrogen) atoms. The number of carbonyl (C=O) groups is 1. The van der Waals surface area contributed by atoms with Gasteiger partial charge in [0.2, 0.25) is 5.91 Å². The highest BCUT2D eigenvalue weighted by molar-refractivity contribution is 9.10. The van der Waals surface area contributed by atoms with Gasteiger partial charge < -0.3 is 5.32 Å². The zero-order valence-electron chi connectivity index (χ0n) is 18.8. The van der Waals surface area contributed by atoms with Crippen molar-refractivity contribution in [1.29, 1.82) is 5.26 Å². The third-order valence-electron chi connectivity index (χ3n) is 5.27. The molecule has 1 N–H and O–H groups in total. The van der Waals surface area contributed by atoms with Crippen molar-refractivity contribution in [2.75, 3.05) is 11.1 Å². The van der Waals surface area contributed by atoms with E-state index < -0.39 is 0 Å². The van der Waals surface area contributed by atoms with Gasteiger partial charge in [0, 0.05) is 15.6 Å². The van der Waals surface area contributed by atoms with Crippen molar-refractivity contribution in [3.8, 4) is 28.5 Å². The molecule has 1 aromatic heterocycles. The van der Waals surface area contributed by atoms with Crippen molar-refractivity contribution in [2.45, 2.75) is 18.9 Å². The summed E-state index contributed by atoms with van der Waals surface area (Å²) in [6.07, 6.45) is 0. The number of amides is 1. The number of hydrogen-bond donors (Lipinski definition) is 1. The molecule has 0 aliphatic heterocycles. The Morgan fingerprint density at radius 2 is 1.68 bits per heavy atom. The molecular weight excluding hydrogens is 506 g/mol. The predicted molar refractivity (Wildman–Crippen MR) is 143 cm³/mol. The van der Waals surface area contributed by atoms with Crippen LogP contribution >= 0.6 is 27.7 Å². The molecule has 0 fully saturated rings. The van der Waals surface area contributed by atoms with Gasteiger partial charge in [0.15, 0.2) is 0 Å². The van der Waals surface area contributed by atoms with Crippen LogP contribution in [0.3, 0.4) is 0 Å². The lowest BCUT2D eigenvalue weighted by Gasteiger charge is -2.13. The summed E-state index contributed by atoms with van der Waals surface area (Å²) in [5.41, 5.74) is 6.89. The number of benzene rings is 3. The number of anilines is 1. The van der Waals surface area contributed by atoms with Crippen LogP contribution in [0.4, 0.5) is 5.69 Å². The highest BCUT2D eigenvalue weighted by Gasteiger charge is 2.17. The van der Waals surface area contributed by atoms with E-state index in [-0.39, 0.29) is 11.7 Å². The first kappa shape index (κ1) is 23.7. The van der Waals surface area contributed by atoms with E-state index in [2.05, 4.69) is 27.3 Å². The summed E-state index contributed by atoms with van der Waals surface area (Å²) in [6, 6.07) is 28.0. The normalized spacial score (nSPS) is 10.5. The lowest BCUT2D eigenvalue weighted by Crippen LogP contribution is -2.14. The molecule has 0 aliphatic rings. The second-order valence-corrected chi connectivity index (χ2v) is 9.72. The summed E-state index contributed by atoms with van der Waals surface area (Å²) >= 11 is 4.76. The number of pyridine rings is 1. The highest BCUT2D eigenvalue weighted by Crippen LogP contribution is 2.34. The maximum Gasteiger partial charge on any atom is 0.234 e. The summed E-state index contributed by atoms with van der Waals surface area (Å²) in [5.74, 6) is -0.0321. The number of carbonyl (C=O) groups excluding carboxylic acids is 1. The third-order valence-corrected chi connectivity index (χ3v) is 6.90. The quantitative estimate of drug-likeness (QED) is 0.265. The maximum atomic E-state index is 12.7. The van der Waals surface area contributed by atoms with Crippen LogP contribution in [0.5, 0.6) is 0 Å². The average molecular weight is 528 g/mol. The van der Waals surface area contributed by atoms with Crippen LogP contribution < -0.4 is 5.32 Å². The molecule has 0 bridgehead atoms. The monoisotopic (exact) mass is 527 g/mol. The standard InChI is InChI=1S/C28H22BrN3OS/c1-18-8-11-20(12-9-18)22-15-26(21-6-4-3-5-7-21)32-28(23(22)16-30)34-17-27(33)31-25-13-10-19(2)14-24(25)29/h3-15H,17H2,1-2H3,(H,31,33). The number of nitriles is 1. The molecule has 0 spiro atoms. The van der Waals surface area contributed by atoms with E-state index >= 15 is 0 Å². The molecule has 0 aliphatic carbocycles. The average Bonchev–Trinajstić information content (AvgIpc) is 2.85. The smallest absolute Gasteiger partial charge is 0.234 e. The van der Waals surface area contributed by atoms with Crippen molar-refractivity contribution in [3.63, 3.8) is 0 Å². The Morgan fingerprint density at radius 3 is 2.35 bits per heavy atom. The molecule has 0 saturated heterocycles. The fourth-order valence-corrected chi connectivity index (χ4v) is 4.89. The minimum absolute atomic E-state index is 0.133. The summed E-state index contributed by atoms with van der Waals surface area (Å²) in [6.45, 7) is 4.02. The molecule has 1 amide bonds. The molecule has 0 atom stereocenters. The molecule has 4 aromatic rings. The van der Waals surface area contributed by atoms with Crippen molar-refractivity contribution in [1.82, 2.24) is 4.98 Å². The summed E-state index contributed by atoms with van der Waals surface area (Å²) in [7, 11) is 0. The molecule has 4 rings (SSSR count). The van der Waals surface area contributed by atoms with Crippen LogP contribution in [0, 0.1) is 25.2 Å². The number of nitrogens with one attached hydrogen (secondary N) is 1. The van der Waals surface area contributed by atoms with Crippen LogP contribution in [0.25, 0.3) is 22.4 Å². The second-order valence-electron chi connectivity index (χ2n) is 7.90. The van der Waals surface area contributed by atoms with E-state index in [1.807, 2.05) is 92.7 Å². The van der Waals surface area contributed by atoms with Gasteiger partial charge in [-0.2, -0.15) is 5.26 Å². The van der Waals surface area contributed by atoms with Gasteiger partial charge in [-0.15, -0.1) is 0 Å². The molecule has 6 heteroatoms. The number of thioether (sulfide) groups is 1. The van der Waals surface area contributed by atoms with Gasteiger partial charge >= 0.3 is 0 Å². The van der Waals surface area contributed by atoms with E-state index in [9.17, 15) is 10.1 Å². The van der Waals surface area contributed by atoms with E-state index in [4.69, 9.17) is 4.98 Å². The van der Waals surface area contributed by atoms with E-state index in [0.717, 1.165) is 38.0 Å². The van der Waals surface area contributed by atoms with Crippen LogP contribution in [0.1, 0.15) is 16.7 Å². The van der Waals surface area contributed by atoms with Crippen molar-refractivity contribution in [3.05, 3.63) is 100 Å². The Bertz CT molecular complexity index is 1380. The lowest BCUT2D eigenvalue weighted by atomic mass is 9.98. The molecule has 0 saturated carbocycles. The number of hydrogen-bond acceptors (Lipinski definition) is 4. The highest BCUT2D eigenvalue weighted by atomic mass is 79.9. The van der Waals surface area contributed by atoms with Gasteiger partial charge in [-0.3, -0.25) is 4.79 Å².